The Bertz CT molecular complexity index is 62.6. The Labute approximate surface area is 48.2 Å². The van der Waals surface area contributed by atoms with Gasteiger partial charge in [0, 0.05) is 0 Å². The maximum absolute atomic E-state index is 9.41. The van der Waals surface area contributed by atoms with Crippen LogP contribution in [0.4, 0.5) is 0 Å². The van der Waals surface area contributed by atoms with Crippen LogP contribution >= 0.6 is 27.5 Å². The molecule has 0 radical (unpaired) electrons. The Kier molecular flexibility index (Phi) is 2.52. The summed E-state index contributed by atoms with van der Waals surface area (Å²) < 4.78 is -1.06. The van der Waals surface area contributed by atoms with Crippen LogP contribution in [0.2, 0.25) is 0 Å². The van der Waals surface area contributed by atoms with E-state index in [0.29, 0.717) is 0 Å². The van der Waals surface area contributed by atoms with Gasteiger partial charge in [0.1, 0.15) is 4.29 Å². The van der Waals surface area contributed by atoms with Crippen LogP contribution in [-0.4, -0.2) is 10.3 Å². The molecule has 0 aromatic heterocycles. The zero-order valence-corrected chi connectivity index (χ0v) is 4.99. The van der Waals surface area contributed by atoms with E-state index >= 15 is 0 Å². The number of carbonyl (C=O) groups excluding carboxylic acids is 1. The van der Waals surface area contributed by atoms with Crippen LogP contribution in [0.3, 0.4) is 0 Å². The third-order valence-corrected chi connectivity index (χ3v) is 0.730. The summed E-state index contributed by atoms with van der Waals surface area (Å²) in [4.78, 5) is 9.41. The van der Waals surface area contributed by atoms with Gasteiger partial charge in [-0.15, -0.1) is 11.6 Å². The lowest BCUT2D eigenvalue weighted by atomic mass is 10.8. The first-order valence-electron chi connectivity index (χ1n) is 1.13. The number of carboxylic acids is 1. The van der Waals surface area contributed by atoms with Crippen molar-refractivity contribution in [3.63, 3.8) is 0 Å². The molecule has 0 saturated carbocycles. The molecule has 0 aliphatic rings. The van der Waals surface area contributed by atoms with E-state index in [9.17, 15) is 9.90 Å². The third-order valence-electron chi connectivity index (χ3n) is 0.178. The Morgan fingerprint density at radius 3 is 2.17 bits per heavy atom. The maximum Gasteiger partial charge on any atom is 0.128 e. The van der Waals surface area contributed by atoms with E-state index in [1.807, 2.05) is 0 Å². The molecule has 0 aliphatic carbocycles. The van der Waals surface area contributed by atoms with Crippen LogP contribution in [0.25, 0.3) is 0 Å². The maximum atomic E-state index is 9.41. The van der Waals surface area contributed by atoms with Gasteiger partial charge in [0.25, 0.3) is 0 Å². The van der Waals surface area contributed by atoms with Gasteiger partial charge in [-0.3, -0.25) is 0 Å². The smallest absolute Gasteiger partial charge is 0.128 e. The molecule has 0 fully saturated rings. The summed E-state index contributed by atoms with van der Waals surface area (Å²) >= 11 is 7.41. The lowest BCUT2D eigenvalue weighted by Crippen LogP contribution is -2.27. The molecule has 1 atom stereocenters. The number of rotatable bonds is 1. The van der Waals surface area contributed by atoms with Crippen molar-refractivity contribution in [1.29, 1.82) is 0 Å². The van der Waals surface area contributed by atoms with Crippen molar-refractivity contribution in [3.8, 4) is 0 Å². The average Bonchev–Trinajstić information content (AvgIpc) is 1.36. The number of alkyl halides is 2. The fraction of sp³-hybridized carbons (Fsp3) is 0.500. The van der Waals surface area contributed by atoms with Gasteiger partial charge in [-0.25, -0.2) is 0 Å². The van der Waals surface area contributed by atoms with Crippen molar-refractivity contribution in [2.75, 3.05) is 0 Å². The second-order valence-corrected chi connectivity index (χ2v) is 2.50. The van der Waals surface area contributed by atoms with Crippen molar-refractivity contribution in [2.45, 2.75) is 4.29 Å². The molecule has 36 valence electrons. The number of hydrogen-bond donors (Lipinski definition) is 0. The number of hydrogen-bond acceptors (Lipinski definition) is 2. The number of aliphatic carboxylic acids is 1. The molecule has 6 heavy (non-hydrogen) atoms. The van der Waals surface area contributed by atoms with Crippen LogP contribution in [-0.2, 0) is 4.79 Å². The topological polar surface area (TPSA) is 40.1 Å². The first-order chi connectivity index (χ1) is 2.64. The van der Waals surface area contributed by atoms with Gasteiger partial charge in [-0.2, -0.15) is 0 Å². The zero-order chi connectivity index (χ0) is 5.15. The van der Waals surface area contributed by atoms with E-state index in [-0.39, 0.29) is 0 Å². The fourth-order valence-electron chi connectivity index (χ4n) is 0. The predicted molar refractivity (Wildman–Crippen MR) is 23.6 cm³/mol. The minimum absolute atomic E-state index is 1.06. The minimum atomic E-state index is -1.31. The van der Waals surface area contributed by atoms with Gasteiger partial charge in [0.15, 0.2) is 0 Å². The highest BCUT2D eigenvalue weighted by Crippen LogP contribution is 2.00. The Morgan fingerprint density at radius 2 is 2.17 bits per heavy atom. The van der Waals surface area contributed by atoms with Gasteiger partial charge in [-0.05, 0) is 0 Å². The van der Waals surface area contributed by atoms with Gasteiger partial charge in [0.05, 0.1) is 5.97 Å². The standard InChI is InChI=1S/C2H2BrClO2/c3-1(4)2(5)6/h1H,(H,5,6)/p-1/t1-/m0/s1. The normalized spacial score (nSPS) is 13.7. The van der Waals surface area contributed by atoms with Crippen molar-refractivity contribution in [2.24, 2.45) is 0 Å². The Balaban J connectivity index is 3.26. The monoisotopic (exact) mass is 171 g/mol. The first-order valence-corrected chi connectivity index (χ1v) is 2.49. The number of carboxylic acid groups (broad SMARTS) is 1. The molecule has 0 rings (SSSR count). The molecule has 0 heterocycles. The molecule has 0 saturated heterocycles. The van der Waals surface area contributed by atoms with Crippen LogP contribution in [0.1, 0.15) is 0 Å². The molecule has 0 N–H and O–H groups in total. The van der Waals surface area contributed by atoms with Gasteiger partial charge < -0.3 is 9.90 Å². The molecular formula is C2HBrClO2-. The van der Waals surface area contributed by atoms with Crippen molar-refractivity contribution in [3.05, 3.63) is 0 Å². The lowest BCUT2D eigenvalue weighted by molar-refractivity contribution is -0.302. The predicted octanol–water partition coefficient (Wildman–Crippen LogP) is -0.304. The second-order valence-electron chi connectivity index (χ2n) is 0.620. The molecule has 0 unspecified atom stereocenters. The highest BCUT2D eigenvalue weighted by molar-refractivity contribution is 9.10. The first kappa shape index (κ1) is 6.24. The van der Waals surface area contributed by atoms with E-state index in [1.165, 1.54) is 0 Å². The van der Waals surface area contributed by atoms with Gasteiger partial charge in [0.2, 0.25) is 0 Å². The Morgan fingerprint density at radius 1 is 2.00 bits per heavy atom. The molecular weight excluding hydrogens is 171 g/mol. The molecule has 2 nitrogen and oxygen atoms in total. The molecule has 0 aliphatic heterocycles. The highest BCUT2D eigenvalue weighted by atomic mass is 79.9. The van der Waals surface area contributed by atoms with Crippen molar-refractivity contribution < 1.29 is 9.90 Å². The molecule has 0 amide bonds. The summed E-state index contributed by atoms with van der Waals surface area (Å²) in [5, 5.41) is 9.41. The largest absolute Gasteiger partial charge is 0.548 e. The SMILES string of the molecule is O=C([O-])[C@H](Cl)Br. The lowest BCUT2D eigenvalue weighted by Gasteiger charge is -1.96. The Hall–Kier alpha value is 0.240. The average molecular weight is 172 g/mol. The van der Waals surface area contributed by atoms with E-state index in [4.69, 9.17) is 11.6 Å². The van der Waals surface area contributed by atoms with E-state index in [0.717, 1.165) is 0 Å². The van der Waals surface area contributed by atoms with E-state index < -0.39 is 10.3 Å². The highest BCUT2D eigenvalue weighted by Gasteiger charge is 1.93. The van der Waals surface area contributed by atoms with E-state index in [1.54, 1.807) is 0 Å². The molecule has 0 aromatic rings. The fourth-order valence-corrected chi connectivity index (χ4v) is 0. The van der Waals surface area contributed by atoms with Crippen molar-refractivity contribution in [1.82, 2.24) is 0 Å². The van der Waals surface area contributed by atoms with Gasteiger partial charge in [-0.1, -0.05) is 15.9 Å². The molecule has 4 heteroatoms. The number of halogens is 2. The van der Waals surface area contributed by atoms with Crippen LogP contribution in [0.5, 0.6) is 0 Å². The van der Waals surface area contributed by atoms with Crippen LogP contribution < -0.4 is 5.11 Å². The number of carbonyl (C=O) groups is 1. The quantitative estimate of drug-likeness (QED) is 0.509. The molecule has 0 spiro atoms. The van der Waals surface area contributed by atoms with Crippen LogP contribution in [0.15, 0.2) is 0 Å². The summed E-state index contributed by atoms with van der Waals surface area (Å²) in [5.74, 6) is -1.31. The zero-order valence-electron chi connectivity index (χ0n) is 2.65. The second kappa shape index (κ2) is 2.42. The summed E-state index contributed by atoms with van der Waals surface area (Å²) in [6.07, 6.45) is 0. The summed E-state index contributed by atoms with van der Waals surface area (Å²) in [7, 11) is 0. The third kappa shape index (κ3) is 2.48. The summed E-state index contributed by atoms with van der Waals surface area (Å²) in [5.41, 5.74) is 0. The molecule has 0 bridgehead atoms. The van der Waals surface area contributed by atoms with Gasteiger partial charge >= 0.3 is 0 Å². The molecule has 0 aromatic carbocycles. The van der Waals surface area contributed by atoms with Crippen LogP contribution in [0, 0.1) is 0 Å². The summed E-state index contributed by atoms with van der Waals surface area (Å²) in [6.45, 7) is 0. The summed E-state index contributed by atoms with van der Waals surface area (Å²) in [6, 6.07) is 0. The van der Waals surface area contributed by atoms with E-state index in [2.05, 4.69) is 15.9 Å². The minimum Gasteiger partial charge on any atom is -0.548 e. The van der Waals surface area contributed by atoms with Crippen molar-refractivity contribution >= 4 is 33.5 Å².